The molecule has 0 spiro atoms. The summed E-state index contributed by atoms with van der Waals surface area (Å²) >= 11 is 3.39. The van der Waals surface area contributed by atoms with Gasteiger partial charge in [0.25, 0.3) is 5.91 Å². The lowest BCUT2D eigenvalue weighted by Crippen LogP contribution is -2.44. The van der Waals surface area contributed by atoms with E-state index in [1.807, 2.05) is 0 Å². The fourth-order valence-electron chi connectivity index (χ4n) is 4.08. The SMILES string of the molecule is Cc1nc(C2(NC(=O)c3cc(S(=O)(=O)N4CCCC4)ccc3Br)CCCC2)no1. The third kappa shape index (κ3) is 3.85. The van der Waals surface area contributed by atoms with Crippen molar-refractivity contribution in [2.75, 3.05) is 13.1 Å². The van der Waals surface area contributed by atoms with Crippen LogP contribution in [0.3, 0.4) is 0 Å². The molecule has 29 heavy (non-hydrogen) atoms. The number of sulfonamides is 1. The molecule has 1 amide bonds. The van der Waals surface area contributed by atoms with Crippen molar-refractivity contribution in [2.45, 2.75) is 55.9 Å². The Hall–Kier alpha value is -1.78. The normalized spacial score (nSPS) is 19.5. The monoisotopic (exact) mass is 482 g/mol. The molecular weight excluding hydrogens is 460 g/mol. The molecule has 0 bridgehead atoms. The molecule has 1 saturated heterocycles. The van der Waals surface area contributed by atoms with Crippen molar-refractivity contribution in [2.24, 2.45) is 0 Å². The Kier molecular flexibility index (Phi) is 5.52. The van der Waals surface area contributed by atoms with E-state index in [0.717, 1.165) is 25.7 Å². The Morgan fingerprint density at radius 2 is 1.90 bits per heavy atom. The summed E-state index contributed by atoms with van der Waals surface area (Å²) in [5.74, 6) is 0.554. The lowest BCUT2D eigenvalue weighted by Gasteiger charge is -2.27. The second-order valence-corrected chi connectivity index (χ2v) is 10.4. The lowest BCUT2D eigenvalue weighted by atomic mass is 9.96. The molecule has 1 aliphatic heterocycles. The van der Waals surface area contributed by atoms with Crippen LogP contribution in [0.15, 0.2) is 32.1 Å². The molecule has 1 saturated carbocycles. The molecule has 1 aromatic heterocycles. The van der Waals surface area contributed by atoms with Gasteiger partial charge in [0.2, 0.25) is 15.9 Å². The van der Waals surface area contributed by atoms with E-state index in [0.29, 0.717) is 42.1 Å². The van der Waals surface area contributed by atoms with Gasteiger partial charge >= 0.3 is 0 Å². The first-order chi connectivity index (χ1) is 13.8. The molecule has 1 aliphatic carbocycles. The van der Waals surface area contributed by atoms with Crippen LogP contribution in [0, 0.1) is 6.92 Å². The van der Waals surface area contributed by atoms with Crippen LogP contribution in [-0.4, -0.2) is 41.9 Å². The van der Waals surface area contributed by atoms with Crippen LogP contribution in [-0.2, 0) is 15.6 Å². The summed E-state index contributed by atoms with van der Waals surface area (Å²) in [6.45, 7) is 2.74. The van der Waals surface area contributed by atoms with E-state index in [9.17, 15) is 13.2 Å². The Bertz CT molecular complexity index is 1020. The maximum Gasteiger partial charge on any atom is 0.253 e. The fraction of sp³-hybridized carbons (Fsp3) is 0.526. The quantitative estimate of drug-likeness (QED) is 0.701. The predicted octanol–water partition coefficient (Wildman–Crippen LogP) is 3.12. The summed E-state index contributed by atoms with van der Waals surface area (Å²) in [4.78, 5) is 17.6. The molecule has 2 heterocycles. The van der Waals surface area contributed by atoms with E-state index in [-0.39, 0.29) is 16.4 Å². The van der Waals surface area contributed by atoms with Gasteiger partial charge < -0.3 is 9.84 Å². The van der Waals surface area contributed by atoms with Gasteiger partial charge in [0.1, 0.15) is 5.54 Å². The fourth-order valence-corrected chi connectivity index (χ4v) is 6.05. The summed E-state index contributed by atoms with van der Waals surface area (Å²) in [6.07, 6.45) is 5.02. The topological polar surface area (TPSA) is 105 Å². The highest BCUT2D eigenvalue weighted by Crippen LogP contribution is 2.38. The highest BCUT2D eigenvalue weighted by Gasteiger charge is 2.41. The first-order valence-corrected chi connectivity index (χ1v) is 12.0. The second kappa shape index (κ2) is 7.81. The molecular formula is C19H23BrN4O4S. The van der Waals surface area contributed by atoms with Crippen molar-refractivity contribution in [1.82, 2.24) is 19.8 Å². The van der Waals surface area contributed by atoms with Crippen molar-refractivity contribution < 1.29 is 17.7 Å². The maximum absolute atomic E-state index is 13.2. The second-order valence-electron chi connectivity index (χ2n) is 7.63. The number of hydrogen-bond donors (Lipinski definition) is 1. The van der Waals surface area contributed by atoms with Gasteiger partial charge in [-0.05, 0) is 59.8 Å². The molecule has 2 aliphatic rings. The molecule has 0 unspecified atom stereocenters. The van der Waals surface area contributed by atoms with Crippen LogP contribution in [0.4, 0.5) is 0 Å². The zero-order chi connectivity index (χ0) is 20.6. The van der Waals surface area contributed by atoms with Gasteiger partial charge in [-0.2, -0.15) is 9.29 Å². The number of nitrogens with zero attached hydrogens (tertiary/aromatic N) is 3. The first kappa shape index (κ1) is 20.5. The smallest absolute Gasteiger partial charge is 0.253 e. The Balaban J connectivity index is 1.64. The van der Waals surface area contributed by atoms with E-state index in [2.05, 4.69) is 31.4 Å². The number of benzene rings is 1. The highest BCUT2D eigenvalue weighted by atomic mass is 79.9. The van der Waals surface area contributed by atoms with Crippen molar-refractivity contribution in [3.63, 3.8) is 0 Å². The van der Waals surface area contributed by atoms with Crippen LogP contribution < -0.4 is 5.32 Å². The molecule has 1 N–H and O–H groups in total. The zero-order valence-corrected chi connectivity index (χ0v) is 18.6. The zero-order valence-electron chi connectivity index (χ0n) is 16.1. The van der Waals surface area contributed by atoms with Crippen LogP contribution in [0.5, 0.6) is 0 Å². The number of hydrogen-bond acceptors (Lipinski definition) is 6. The van der Waals surface area contributed by atoms with E-state index < -0.39 is 15.6 Å². The minimum Gasteiger partial charge on any atom is -0.340 e. The van der Waals surface area contributed by atoms with Gasteiger partial charge in [-0.25, -0.2) is 8.42 Å². The molecule has 4 rings (SSSR count). The molecule has 0 atom stereocenters. The standard InChI is InChI=1S/C19H23BrN4O4S/c1-13-21-18(23-28-13)19(8-2-3-9-19)22-17(25)15-12-14(6-7-16(15)20)29(26,27)24-10-4-5-11-24/h6-7,12H,2-5,8-11H2,1H3,(H,22,25). The molecule has 2 fully saturated rings. The maximum atomic E-state index is 13.2. The number of carbonyl (C=O) groups is 1. The Morgan fingerprint density at radius 3 is 2.52 bits per heavy atom. The number of carbonyl (C=O) groups excluding carboxylic acids is 1. The third-order valence-electron chi connectivity index (χ3n) is 5.65. The van der Waals surface area contributed by atoms with Crippen molar-refractivity contribution >= 4 is 31.9 Å². The van der Waals surface area contributed by atoms with Crippen molar-refractivity contribution in [3.8, 4) is 0 Å². The van der Waals surface area contributed by atoms with Crippen LogP contribution in [0.2, 0.25) is 0 Å². The minimum atomic E-state index is -3.61. The van der Waals surface area contributed by atoms with E-state index >= 15 is 0 Å². The van der Waals surface area contributed by atoms with Crippen LogP contribution in [0.25, 0.3) is 0 Å². The summed E-state index contributed by atoms with van der Waals surface area (Å²) in [5.41, 5.74) is -0.422. The average Bonchev–Trinajstić information content (AvgIpc) is 3.44. The summed E-state index contributed by atoms with van der Waals surface area (Å²) in [6, 6.07) is 4.58. The van der Waals surface area contributed by atoms with Gasteiger partial charge in [0, 0.05) is 24.5 Å². The highest BCUT2D eigenvalue weighted by molar-refractivity contribution is 9.10. The van der Waals surface area contributed by atoms with Gasteiger partial charge in [-0.3, -0.25) is 4.79 Å². The molecule has 2 aromatic rings. The van der Waals surface area contributed by atoms with Gasteiger partial charge in [0.15, 0.2) is 5.82 Å². The van der Waals surface area contributed by atoms with Gasteiger partial charge in [0.05, 0.1) is 10.5 Å². The lowest BCUT2D eigenvalue weighted by molar-refractivity contribution is 0.0891. The predicted molar refractivity (Wildman–Crippen MR) is 109 cm³/mol. The van der Waals surface area contributed by atoms with E-state index in [4.69, 9.17) is 4.52 Å². The Morgan fingerprint density at radius 1 is 1.21 bits per heavy atom. The van der Waals surface area contributed by atoms with Crippen LogP contribution >= 0.6 is 15.9 Å². The third-order valence-corrected chi connectivity index (χ3v) is 8.24. The number of nitrogens with one attached hydrogen (secondary N) is 1. The number of halogens is 1. The molecule has 1 aromatic carbocycles. The number of aromatic nitrogens is 2. The molecule has 8 nitrogen and oxygen atoms in total. The Labute approximate surface area is 178 Å². The largest absolute Gasteiger partial charge is 0.340 e. The van der Waals surface area contributed by atoms with Gasteiger partial charge in [-0.1, -0.05) is 18.0 Å². The molecule has 156 valence electrons. The summed E-state index contributed by atoms with van der Waals surface area (Å²) < 4.78 is 32.9. The number of rotatable bonds is 5. The first-order valence-electron chi connectivity index (χ1n) is 9.75. The number of amides is 1. The summed E-state index contributed by atoms with van der Waals surface area (Å²) in [7, 11) is -3.61. The van der Waals surface area contributed by atoms with Crippen LogP contribution in [0.1, 0.15) is 60.6 Å². The molecule has 10 heteroatoms. The average molecular weight is 483 g/mol. The summed E-state index contributed by atoms with van der Waals surface area (Å²) in [5, 5.41) is 7.10. The minimum absolute atomic E-state index is 0.128. The van der Waals surface area contributed by atoms with Crippen molar-refractivity contribution in [3.05, 3.63) is 40.0 Å². The van der Waals surface area contributed by atoms with Gasteiger partial charge in [-0.15, -0.1) is 0 Å². The van der Waals surface area contributed by atoms with E-state index in [1.54, 1.807) is 13.0 Å². The van der Waals surface area contributed by atoms with E-state index in [1.165, 1.54) is 16.4 Å². The number of aryl methyl sites for hydroxylation is 1. The van der Waals surface area contributed by atoms with Crippen molar-refractivity contribution in [1.29, 1.82) is 0 Å². The molecule has 0 radical (unpaired) electrons.